The minimum atomic E-state index is -4.13. The number of esters is 5. The van der Waals surface area contributed by atoms with Gasteiger partial charge in [0.1, 0.15) is 0 Å². The van der Waals surface area contributed by atoms with Crippen LogP contribution in [0.4, 0.5) is 0 Å². The summed E-state index contributed by atoms with van der Waals surface area (Å²) in [4.78, 5) is 83.9. The standard InChI is InChI=1S/C21H26O15/c22-13-7-1-4-10-16(25)33-21(34-17(26)11-5-6-12-18(27)35-36-21)19(28,30-13)20(29)31-14(23)8-2-3-9-15(24)32-20/h28-29H,1-12H2. The van der Waals surface area contributed by atoms with Gasteiger partial charge >= 0.3 is 53.5 Å². The quantitative estimate of drug-likeness (QED) is 0.264. The zero-order valence-electron chi connectivity index (χ0n) is 19.2. The zero-order valence-corrected chi connectivity index (χ0v) is 19.2. The number of carbonyl (C=O) groups excluding carboxylic acids is 6. The van der Waals surface area contributed by atoms with Crippen LogP contribution in [-0.4, -0.2) is 63.8 Å². The summed E-state index contributed by atoms with van der Waals surface area (Å²) in [6, 6.07) is 0. The van der Waals surface area contributed by atoms with Crippen molar-refractivity contribution < 1.29 is 72.4 Å². The first-order valence-electron chi connectivity index (χ1n) is 11.4. The van der Waals surface area contributed by atoms with Crippen LogP contribution >= 0.6 is 0 Å². The van der Waals surface area contributed by atoms with Crippen LogP contribution < -0.4 is 0 Å². The van der Waals surface area contributed by atoms with Gasteiger partial charge in [-0.2, -0.15) is 0 Å². The van der Waals surface area contributed by atoms with Crippen LogP contribution in [-0.2, 0) is 62.2 Å². The topological polar surface area (TPSA) is 207 Å². The van der Waals surface area contributed by atoms with Crippen molar-refractivity contribution in [1.29, 1.82) is 0 Å². The molecule has 3 aliphatic heterocycles. The van der Waals surface area contributed by atoms with E-state index in [4.69, 9.17) is 28.6 Å². The number of cyclic esters (lactones) is 3. The molecule has 200 valence electrons. The fourth-order valence-corrected chi connectivity index (χ4v) is 3.52. The summed E-state index contributed by atoms with van der Waals surface area (Å²) in [6.45, 7) is 0. The molecule has 15 nitrogen and oxygen atoms in total. The van der Waals surface area contributed by atoms with Crippen LogP contribution in [0.25, 0.3) is 0 Å². The van der Waals surface area contributed by atoms with E-state index >= 15 is 0 Å². The van der Waals surface area contributed by atoms with Crippen LogP contribution in [0, 0.1) is 0 Å². The fourth-order valence-electron chi connectivity index (χ4n) is 3.52. The van der Waals surface area contributed by atoms with Gasteiger partial charge in [0.15, 0.2) is 0 Å². The summed E-state index contributed by atoms with van der Waals surface area (Å²) in [6.07, 6.45) is -1.76. The van der Waals surface area contributed by atoms with E-state index in [1.165, 1.54) is 0 Å². The second-order valence-electron chi connectivity index (χ2n) is 8.31. The SMILES string of the molecule is O=C1CCCCC(=O)OC2(OO1)OC(=O)CCCCC(=O)OC2(O)C1(O)OC(=O)CCCCC(=O)O1. The van der Waals surface area contributed by atoms with Crippen molar-refractivity contribution in [2.24, 2.45) is 0 Å². The van der Waals surface area contributed by atoms with Crippen molar-refractivity contribution in [1.82, 2.24) is 0 Å². The Labute approximate surface area is 203 Å². The zero-order chi connectivity index (χ0) is 26.4. The highest BCUT2D eigenvalue weighted by molar-refractivity contribution is 5.76. The third kappa shape index (κ3) is 6.09. The van der Waals surface area contributed by atoms with Crippen molar-refractivity contribution in [2.75, 3.05) is 0 Å². The molecule has 3 aliphatic rings. The molecule has 3 heterocycles. The molecule has 0 bridgehead atoms. The van der Waals surface area contributed by atoms with Crippen molar-refractivity contribution in [3.8, 4) is 0 Å². The molecule has 3 saturated heterocycles. The van der Waals surface area contributed by atoms with Crippen LogP contribution in [0.5, 0.6) is 0 Å². The lowest BCUT2D eigenvalue weighted by atomic mass is 10.1. The molecule has 0 radical (unpaired) electrons. The van der Waals surface area contributed by atoms with Gasteiger partial charge in [-0.1, -0.05) is 4.89 Å². The number of carbonyl (C=O) groups is 6. The second-order valence-corrected chi connectivity index (χ2v) is 8.31. The Morgan fingerprint density at radius 2 is 0.806 bits per heavy atom. The van der Waals surface area contributed by atoms with Gasteiger partial charge in [-0.15, -0.1) is 0 Å². The molecule has 15 heteroatoms. The van der Waals surface area contributed by atoms with Crippen molar-refractivity contribution in [3.05, 3.63) is 0 Å². The molecule has 2 atom stereocenters. The molecular weight excluding hydrogens is 492 g/mol. The molecule has 0 amide bonds. The first-order valence-corrected chi connectivity index (χ1v) is 11.4. The molecule has 36 heavy (non-hydrogen) atoms. The smallest absolute Gasteiger partial charge is 0.413 e. The summed E-state index contributed by atoms with van der Waals surface area (Å²) >= 11 is 0. The predicted octanol–water partition coefficient (Wildman–Crippen LogP) is -0.112. The van der Waals surface area contributed by atoms with E-state index in [-0.39, 0.29) is 57.8 Å². The number of aliphatic hydroxyl groups is 2. The molecule has 0 aromatic heterocycles. The molecule has 2 N–H and O–H groups in total. The summed E-state index contributed by atoms with van der Waals surface area (Å²) in [5.74, 6) is -19.3. The third-order valence-electron chi connectivity index (χ3n) is 5.39. The summed E-state index contributed by atoms with van der Waals surface area (Å²) < 4.78 is 24.5. The highest BCUT2D eigenvalue weighted by atomic mass is 17.3. The highest BCUT2D eigenvalue weighted by Crippen LogP contribution is 2.44. The maximum absolute atomic E-state index is 12.6. The normalized spacial score (nSPS) is 31.2. The van der Waals surface area contributed by atoms with Gasteiger partial charge in [-0.25, -0.2) is 4.79 Å². The Hall–Kier alpha value is -3.30. The molecule has 3 fully saturated rings. The molecule has 1 spiro atoms. The van der Waals surface area contributed by atoms with Crippen LogP contribution in [0.15, 0.2) is 0 Å². The van der Waals surface area contributed by atoms with Gasteiger partial charge in [-0.3, -0.25) is 28.9 Å². The first kappa shape index (κ1) is 27.3. The van der Waals surface area contributed by atoms with Gasteiger partial charge < -0.3 is 33.9 Å². The maximum Gasteiger partial charge on any atom is 0.493 e. The largest absolute Gasteiger partial charge is 0.493 e. The molecule has 2 unspecified atom stereocenters. The van der Waals surface area contributed by atoms with E-state index in [0.717, 1.165) is 0 Å². The minimum absolute atomic E-state index is 0.0463. The highest BCUT2D eigenvalue weighted by Gasteiger charge is 2.81. The van der Waals surface area contributed by atoms with Crippen LogP contribution in [0.3, 0.4) is 0 Å². The number of ether oxygens (including phenoxy) is 5. The van der Waals surface area contributed by atoms with Crippen molar-refractivity contribution >= 4 is 35.8 Å². The van der Waals surface area contributed by atoms with E-state index < -0.39 is 72.8 Å². The molecule has 3 rings (SSSR count). The van der Waals surface area contributed by atoms with Crippen LogP contribution in [0.1, 0.15) is 77.0 Å². The monoisotopic (exact) mass is 518 g/mol. The summed E-state index contributed by atoms with van der Waals surface area (Å²) in [5, 5.41) is 22.9. The van der Waals surface area contributed by atoms with E-state index in [2.05, 4.69) is 4.89 Å². The number of rotatable bonds is 1. The molecule has 0 saturated carbocycles. The van der Waals surface area contributed by atoms with E-state index in [1.54, 1.807) is 0 Å². The molecular formula is C21H26O15. The number of hydrogen-bond acceptors (Lipinski definition) is 15. The maximum atomic E-state index is 12.6. The Kier molecular flexibility index (Phi) is 8.47. The van der Waals surface area contributed by atoms with Gasteiger partial charge in [0.2, 0.25) is 0 Å². The van der Waals surface area contributed by atoms with Crippen molar-refractivity contribution in [3.63, 3.8) is 0 Å². The van der Waals surface area contributed by atoms with E-state index in [1.807, 2.05) is 0 Å². The van der Waals surface area contributed by atoms with Crippen molar-refractivity contribution in [2.45, 2.75) is 94.8 Å². The predicted molar refractivity (Wildman–Crippen MR) is 106 cm³/mol. The second kappa shape index (κ2) is 11.2. The Balaban J connectivity index is 2.22. The van der Waals surface area contributed by atoms with E-state index in [9.17, 15) is 39.0 Å². The summed E-state index contributed by atoms with van der Waals surface area (Å²) in [7, 11) is 0. The minimum Gasteiger partial charge on any atom is -0.413 e. The van der Waals surface area contributed by atoms with E-state index in [0.29, 0.717) is 0 Å². The fraction of sp³-hybridized carbons (Fsp3) is 0.714. The third-order valence-corrected chi connectivity index (χ3v) is 5.39. The van der Waals surface area contributed by atoms with Gasteiger partial charge in [0.05, 0.1) is 0 Å². The van der Waals surface area contributed by atoms with Gasteiger partial charge in [-0.05, 0) is 38.5 Å². The molecule has 0 aliphatic carbocycles. The lowest BCUT2D eigenvalue weighted by Gasteiger charge is -2.45. The molecule has 0 aromatic carbocycles. The molecule has 0 aromatic rings. The number of hydrogen-bond donors (Lipinski definition) is 2. The average molecular weight is 518 g/mol. The Bertz CT molecular complexity index is 873. The van der Waals surface area contributed by atoms with Gasteiger partial charge in [0.25, 0.3) is 0 Å². The Morgan fingerprint density at radius 3 is 1.22 bits per heavy atom. The lowest BCUT2D eigenvalue weighted by Crippen LogP contribution is -2.75. The lowest BCUT2D eigenvalue weighted by molar-refractivity contribution is -0.585. The van der Waals surface area contributed by atoms with Crippen LogP contribution in [0.2, 0.25) is 0 Å². The summed E-state index contributed by atoms with van der Waals surface area (Å²) in [5.41, 5.74) is 0. The average Bonchev–Trinajstić information content (AvgIpc) is 2.85. The first-order chi connectivity index (χ1) is 17.0. The van der Waals surface area contributed by atoms with Gasteiger partial charge in [0, 0.05) is 38.5 Å². The Morgan fingerprint density at radius 1 is 0.472 bits per heavy atom.